The molecule has 0 atom stereocenters. The molecule has 1 saturated heterocycles. The Hall–Kier alpha value is -1.72. The Morgan fingerprint density at radius 2 is 1.65 bits per heavy atom. The number of hydrogen-bond donors (Lipinski definition) is 1. The van der Waals surface area contributed by atoms with Crippen LogP contribution in [0.15, 0.2) is 24.3 Å². The average Bonchev–Trinajstić information content (AvgIpc) is 2.62. The minimum absolute atomic E-state index is 0.168. The SMILES string of the molecule is CC(C)C1(O)CN(CN2C(=O)c3ccccc3C2=O)C1. The number of aliphatic hydroxyl groups is 1. The zero-order valence-corrected chi connectivity index (χ0v) is 11.7. The summed E-state index contributed by atoms with van der Waals surface area (Å²) >= 11 is 0. The van der Waals surface area contributed by atoms with Crippen LogP contribution in [0, 0.1) is 5.92 Å². The Balaban J connectivity index is 1.70. The number of fused-ring (bicyclic) bond motifs is 1. The Morgan fingerprint density at radius 1 is 1.15 bits per heavy atom. The normalized spacial score (nSPS) is 21.3. The van der Waals surface area contributed by atoms with Gasteiger partial charge in [-0.2, -0.15) is 0 Å². The molecule has 20 heavy (non-hydrogen) atoms. The van der Waals surface area contributed by atoms with Gasteiger partial charge < -0.3 is 5.11 Å². The third kappa shape index (κ3) is 1.85. The lowest BCUT2D eigenvalue weighted by molar-refractivity contribution is -0.135. The van der Waals surface area contributed by atoms with E-state index in [1.54, 1.807) is 24.3 Å². The number of carbonyl (C=O) groups excluding carboxylic acids is 2. The molecule has 0 unspecified atom stereocenters. The van der Waals surface area contributed by atoms with E-state index in [1.807, 2.05) is 18.7 Å². The molecule has 2 heterocycles. The minimum atomic E-state index is -0.696. The van der Waals surface area contributed by atoms with Crippen molar-refractivity contribution >= 4 is 11.8 Å². The van der Waals surface area contributed by atoms with Crippen molar-refractivity contribution in [2.24, 2.45) is 5.92 Å². The van der Waals surface area contributed by atoms with Crippen molar-refractivity contribution in [2.45, 2.75) is 19.4 Å². The van der Waals surface area contributed by atoms with E-state index < -0.39 is 5.60 Å². The number of carbonyl (C=O) groups is 2. The van der Waals surface area contributed by atoms with Gasteiger partial charge in [-0.25, -0.2) is 0 Å². The number of nitrogens with zero attached hydrogens (tertiary/aromatic N) is 2. The van der Waals surface area contributed by atoms with Crippen LogP contribution in [0.2, 0.25) is 0 Å². The highest BCUT2D eigenvalue weighted by molar-refractivity contribution is 6.21. The molecule has 2 amide bonds. The lowest BCUT2D eigenvalue weighted by atomic mass is 9.83. The van der Waals surface area contributed by atoms with Crippen molar-refractivity contribution in [3.05, 3.63) is 35.4 Å². The summed E-state index contributed by atoms with van der Waals surface area (Å²) in [7, 11) is 0. The molecule has 0 radical (unpaired) electrons. The first kappa shape index (κ1) is 13.3. The van der Waals surface area contributed by atoms with Gasteiger partial charge in [-0.3, -0.25) is 19.4 Å². The van der Waals surface area contributed by atoms with Crippen LogP contribution in [0.5, 0.6) is 0 Å². The average molecular weight is 274 g/mol. The fourth-order valence-electron chi connectivity index (χ4n) is 2.76. The van der Waals surface area contributed by atoms with Crippen molar-refractivity contribution in [3.8, 4) is 0 Å². The predicted octanol–water partition coefficient (Wildman–Crippen LogP) is 0.943. The Labute approximate surface area is 117 Å². The van der Waals surface area contributed by atoms with Gasteiger partial charge in [0.25, 0.3) is 11.8 Å². The van der Waals surface area contributed by atoms with Gasteiger partial charge in [0, 0.05) is 13.1 Å². The Kier molecular flexibility index (Phi) is 2.92. The quantitative estimate of drug-likeness (QED) is 0.833. The van der Waals surface area contributed by atoms with E-state index in [9.17, 15) is 14.7 Å². The fourth-order valence-corrected chi connectivity index (χ4v) is 2.76. The molecule has 0 saturated carbocycles. The van der Waals surface area contributed by atoms with E-state index in [1.165, 1.54) is 4.90 Å². The zero-order valence-electron chi connectivity index (χ0n) is 11.7. The number of likely N-dealkylation sites (tertiary alicyclic amines) is 1. The minimum Gasteiger partial charge on any atom is -0.387 e. The number of amides is 2. The second kappa shape index (κ2) is 4.40. The van der Waals surface area contributed by atoms with Crippen LogP contribution in [-0.2, 0) is 0 Å². The summed E-state index contributed by atoms with van der Waals surface area (Å²) in [5.74, 6) is -0.322. The van der Waals surface area contributed by atoms with Gasteiger partial charge in [0.1, 0.15) is 0 Å². The maximum absolute atomic E-state index is 12.2. The summed E-state index contributed by atoms with van der Waals surface area (Å²) in [5.41, 5.74) is 0.243. The third-order valence-corrected chi connectivity index (χ3v) is 4.29. The van der Waals surface area contributed by atoms with Crippen molar-refractivity contribution in [1.82, 2.24) is 9.80 Å². The number of hydrogen-bond acceptors (Lipinski definition) is 4. The van der Waals surface area contributed by atoms with Crippen LogP contribution in [0.4, 0.5) is 0 Å². The first-order valence-corrected chi connectivity index (χ1v) is 6.82. The van der Waals surface area contributed by atoms with E-state index >= 15 is 0 Å². The van der Waals surface area contributed by atoms with Gasteiger partial charge in [-0.1, -0.05) is 26.0 Å². The molecule has 0 aliphatic carbocycles. The maximum Gasteiger partial charge on any atom is 0.262 e. The first-order valence-electron chi connectivity index (χ1n) is 6.82. The van der Waals surface area contributed by atoms with E-state index in [0.717, 1.165) is 0 Å². The van der Waals surface area contributed by atoms with Crippen LogP contribution >= 0.6 is 0 Å². The molecule has 1 N–H and O–H groups in total. The molecule has 2 aliphatic rings. The van der Waals surface area contributed by atoms with E-state index in [2.05, 4.69) is 0 Å². The van der Waals surface area contributed by atoms with E-state index in [4.69, 9.17) is 0 Å². The van der Waals surface area contributed by atoms with Crippen molar-refractivity contribution < 1.29 is 14.7 Å². The number of benzene rings is 1. The first-order chi connectivity index (χ1) is 9.42. The van der Waals surface area contributed by atoms with Crippen LogP contribution in [0.3, 0.4) is 0 Å². The van der Waals surface area contributed by atoms with Gasteiger partial charge in [0.05, 0.1) is 23.4 Å². The molecule has 1 aromatic rings. The second-order valence-corrected chi connectivity index (χ2v) is 5.97. The van der Waals surface area contributed by atoms with Gasteiger partial charge in [-0.05, 0) is 18.1 Å². The molecule has 2 aliphatic heterocycles. The number of β-amino-alcohol motifs (C(OH)–C–C–N with tert-alkyl or cyclic N) is 1. The molecule has 5 nitrogen and oxygen atoms in total. The van der Waals surface area contributed by atoms with Crippen molar-refractivity contribution in [3.63, 3.8) is 0 Å². The van der Waals surface area contributed by atoms with Gasteiger partial charge in [0.15, 0.2) is 0 Å². The van der Waals surface area contributed by atoms with E-state index in [0.29, 0.717) is 24.2 Å². The van der Waals surface area contributed by atoms with Crippen LogP contribution in [0.25, 0.3) is 0 Å². The summed E-state index contributed by atoms with van der Waals surface area (Å²) in [6.07, 6.45) is 0. The molecular weight excluding hydrogens is 256 g/mol. The standard InChI is InChI=1S/C15H18N2O3/c1-10(2)15(20)7-16(8-15)9-17-13(18)11-5-3-4-6-12(11)14(17)19/h3-6,10,20H,7-9H2,1-2H3. The highest BCUT2D eigenvalue weighted by Gasteiger charge is 2.46. The third-order valence-electron chi connectivity index (χ3n) is 4.29. The summed E-state index contributed by atoms with van der Waals surface area (Å²) in [4.78, 5) is 27.6. The fraction of sp³-hybridized carbons (Fsp3) is 0.467. The molecule has 1 fully saturated rings. The molecule has 3 rings (SSSR count). The summed E-state index contributed by atoms with van der Waals surface area (Å²) in [6.45, 7) is 5.19. The molecular formula is C15H18N2O3. The van der Waals surface area contributed by atoms with Gasteiger partial charge >= 0.3 is 0 Å². The summed E-state index contributed by atoms with van der Waals surface area (Å²) in [6, 6.07) is 6.87. The largest absolute Gasteiger partial charge is 0.387 e. The van der Waals surface area contributed by atoms with Gasteiger partial charge in [0.2, 0.25) is 0 Å². The monoisotopic (exact) mass is 274 g/mol. The Morgan fingerprint density at radius 3 is 2.10 bits per heavy atom. The highest BCUT2D eigenvalue weighted by atomic mass is 16.3. The maximum atomic E-state index is 12.2. The van der Waals surface area contributed by atoms with Gasteiger partial charge in [-0.15, -0.1) is 0 Å². The molecule has 0 bridgehead atoms. The summed E-state index contributed by atoms with van der Waals surface area (Å²) < 4.78 is 0. The lowest BCUT2D eigenvalue weighted by Gasteiger charge is -2.49. The Bertz CT molecular complexity index is 541. The topological polar surface area (TPSA) is 60.9 Å². The van der Waals surface area contributed by atoms with Crippen LogP contribution in [0.1, 0.15) is 34.6 Å². The molecule has 0 aromatic heterocycles. The van der Waals surface area contributed by atoms with Crippen molar-refractivity contribution in [1.29, 1.82) is 0 Å². The smallest absolute Gasteiger partial charge is 0.262 e. The highest BCUT2D eigenvalue weighted by Crippen LogP contribution is 2.30. The second-order valence-electron chi connectivity index (χ2n) is 5.97. The van der Waals surface area contributed by atoms with Crippen LogP contribution < -0.4 is 0 Å². The van der Waals surface area contributed by atoms with Crippen LogP contribution in [-0.4, -0.2) is 52.1 Å². The molecule has 106 valence electrons. The zero-order chi connectivity index (χ0) is 14.5. The molecule has 1 aromatic carbocycles. The number of rotatable bonds is 3. The molecule has 0 spiro atoms. The van der Waals surface area contributed by atoms with E-state index in [-0.39, 0.29) is 24.4 Å². The lowest BCUT2D eigenvalue weighted by Crippen LogP contribution is -2.66. The van der Waals surface area contributed by atoms with Crippen molar-refractivity contribution in [2.75, 3.05) is 19.8 Å². The number of imide groups is 1. The molecule has 5 heteroatoms. The predicted molar refractivity (Wildman–Crippen MR) is 73.2 cm³/mol. The summed E-state index contributed by atoms with van der Waals surface area (Å²) in [5, 5.41) is 10.2.